The Bertz CT molecular complexity index is 580. The van der Waals surface area contributed by atoms with Crippen LogP contribution in [0.1, 0.15) is 36.2 Å². The molecule has 2 N–H and O–H groups in total. The SMILES string of the molecule is CCCn1ncc(Br)c1C(N)c1cc(F)ccc1C. The normalized spacial score (nSPS) is 12.7. The maximum absolute atomic E-state index is 13.4. The fraction of sp³-hybridized carbons (Fsp3) is 0.357. The first-order valence-corrected chi connectivity index (χ1v) is 7.06. The van der Waals surface area contributed by atoms with E-state index in [1.165, 1.54) is 12.1 Å². The van der Waals surface area contributed by atoms with Gasteiger partial charge in [-0.3, -0.25) is 4.68 Å². The molecule has 0 aliphatic carbocycles. The Hall–Kier alpha value is -1.20. The molecule has 2 rings (SSSR count). The third-order valence-corrected chi connectivity index (χ3v) is 3.75. The van der Waals surface area contributed by atoms with Crippen molar-refractivity contribution in [1.82, 2.24) is 9.78 Å². The van der Waals surface area contributed by atoms with E-state index >= 15 is 0 Å². The van der Waals surface area contributed by atoms with E-state index in [4.69, 9.17) is 5.73 Å². The van der Waals surface area contributed by atoms with Gasteiger partial charge in [0.05, 0.1) is 22.4 Å². The summed E-state index contributed by atoms with van der Waals surface area (Å²) in [6.07, 6.45) is 2.70. The van der Waals surface area contributed by atoms with Crippen LogP contribution < -0.4 is 5.73 Å². The molecule has 1 atom stereocenters. The molecule has 1 heterocycles. The highest BCUT2D eigenvalue weighted by Gasteiger charge is 2.20. The standard InChI is InChI=1S/C14H17BrFN3/c1-3-6-19-14(12(15)8-18-19)13(17)11-7-10(16)5-4-9(11)2/h4-5,7-8,13H,3,6,17H2,1-2H3. The zero-order chi connectivity index (χ0) is 14.0. The van der Waals surface area contributed by atoms with Crippen LogP contribution in [0, 0.1) is 12.7 Å². The van der Waals surface area contributed by atoms with Crippen molar-refractivity contribution in [1.29, 1.82) is 0 Å². The van der Waals surface area contributed by atoms with Crippen LogP contribution >= 0.6 is 15.9 Å². The van der Waals surface area contributed by atoms with Crippen molar-refractivity contribution in [3.05, 3.63) is 51.5 Å². The second-order valence-electron chi connectivity index (χ2n) is 4.58. The molecule has 1 aromatic heterocycles. The predicted molar refractivity (Wildman–Crippen MR) is 77.4 cm³/mol. The lowest BCUT2D eigenvalue weighted by atomic mass is 9.99. The van der Waals surface area contributed by atoms with Gasteiger partial charge in [-0.1, -0.05) is 13.0 Å². The van der Waals surface area contributed by atoms with E-state index in [9.17, 15) is 4.39 Å². The highest BCUT2D eigenvalue weighted by molar-refractivity contribution is 9.10. The maximum atomic E-state index is 13.4. The average Bonchev–Trinajstić information content (AvgIpc) is 2.73. The van der Waals surface area contributed by atoms with Crippen molar-refractivity contribution in [2.45, 2.75) is 32.9 Å². The molecule has 1 aromatic carbocycles. The van der Waals surface area contributed by atoms with Gasteiger partial charge in [0.25, 0.3) is 0 Å². The van der Waals surface area contributed by atoms with Crippen molar-refractivity contribution in [3.8, 4) is 0 Å². The van der Waals surface area contributed by atoms with Gasteiger partial charge in [-0.15, -0.1) is 0 Å². The lowest BCUT2D eigenvalue weighted by Crippen LogP contribution is -2.19. The molecule has 19 heavy (non-hydrogen) atoms. The van der Waals surface area contributed by atoms with Crippen LogP contribution in [-0.2, 0) is 6.54 Å². The average molecular weight is 326 g/mol. The molecule has 5 heteroatoms. The summed E-state index contributed by atoms with van der Waals surface area (Å²) in [5.74, 6) is -0.270. The van der Waals surface area contributed by atoms with Crippen LogP contribution in [0.3, 0.4) is 0 Å². The molecule has 2 aromatic rings. The quantitative estimate of drug-likeness (QED) is 0.934. The van der Waals surface area contributed by atoms with E-state index in [0.29, 0.717) is 0 Å². The number of aromatic nitrogens is 2. The number of hydrogen-bond donors (Lipinski definition) is 1. The molecule has 0 aliphatic rings. The van der Waals surface area contributed by atoms with Gasteiger partial charge in [-0.25, -0.2) is 4.39 Å². The Labute approximate surface area is 120 Å². The zero-order valence-electron chi connectivity index (χ0n) is 11.0. The number of nitrogens with two attached hydrogens (primary N) is 1. The lowest BCUT2D eigenvalue weighted by Gasteiger charge is -2.17. The smallest absolute Gasteiger partial charge is 0.123 e. The first kappa shape index (κ1) is 14.2. The van der Waals surface area contributed by atoms with Gasteiger partial charge in [0.15, 0.2) is 0 Å². The van der Waals surface area contributed by atoms with Crippen LogP contribution in [0.15, 0.2) is 28.9 Å². The number of rotatable bonds is 4. The van der Waals surface area contributed by atoms with E-state index < -0.39 is 0 Å². The monoisotopic (exact) mass is 325 g/mol. The predicted octanol–water partition coefficient (Wildman–Crippen LogP) is 3.55. The summed E-state index contributed by atoms with van der Waals surface area (Å²) < 4.78 is 16.1. The Balaban J connectivity index is 2.46. The first-order valence-electron chi connectivity index (χ1n) is 6.27. The Kier molecular flexibility index (Phi) is 4.37. The summed E-state index contributed by atoms with van der Waals surface area (Å²) in [5, 5.41) is 4.30. The number of hydrogen-bond acceptors (Lipinski definition) is 2. The van der Waals surface area contributed by atoms with Gasteiger partial charge in [-0.05, 0) is 52.5 Å². The zero-order valence-corrected chi connectivity index (χ0v) is 12.6. The van der Waals surface area contributed by atoms with Gasteiger partial charge in [0.1, 0.15) is 5.82 Å². The van der Waals surface area contributed by atoms with E-state index in [2.05, 4.69) is 28.0 Å². The van der Waals surface area contributed by atoms with E-state index in [1.54, 1.807) is 12.3 Å². The fourth-order valence-electron chi connectivity index (χ4n) is 2.16. The summed E-state index contributed by atoms with van der Waals surface area (Å²) in [4.78, 5) is 0. The minimum absolute atomic E-state index is 0.270. The molecule has 102 valence electrons. The lowest BCUT2D eigenvalue weighted by molar-refractivity contribution is 0.556. The molecule has 0 spiro atoms. The van der Waals surface area contributed by atoms with E-state index in [1.807, 2.05) is 11.6 Å². The number of aryl methyl sites for hydroxylation is 2. The molecule has 1 unspecified atom stereocenters. The largest absolute Gasteiger partial charge is 0.319 e. The van der Waals surface area contributed by atoms with Gasteiger partial charge in [-0.2, -0.15) is 5.10 Å². The Morgan fingerprint density at radius 1 is 1.47 bits per heavy atom. The molecule has 0 fully saturated rings. The molecular weight excluding hydrogens is 309 g/mol. The molecule has 0 saturated carbocycles. The number of benzene rings is 1. The van der Waals surface area contributed by atoms with Gasteiger partial charge in [0.2, 0.25) is 0 Å². The third kappa shape index (κ3) is 2.87. The molecule has 0 bridgehead atoms. The maximum Gasteiger partial charge on any atom is 0.123 e. The fourth-order valence-corrected chi connectivity index (χ4v) is 2.71. The minimum atomic E-state index is -0.390. The van der Waals surface area contributed by atoms with Crippen molar-refractivity contribution < 1.29 is 4.39 Å². The molecular formula is C14H17BrFN3. The third-order valence-electron chi connectivity index (χ3n) is 3.14. The number of nitrogens with zero attached hydrogens (tertiary/aromatic N) is 2. The molecule has 0 saturated heterocycles. The van der Waals surface area contributed by atoms with E-state index in [-0.39, 0.29) is 11.9 Å². The summed E-state index contributed by atoms with van der Waals surface area (Å²) >= 11 is 3.47. The molecule has 0 amide bonds. The summed E-state index contributed by atoms with van der Waals surface area (Å²) in [7, 11) is 0. The highest BCUT2D eigenvalue weighted by Crippen LogP contribution is 2.29. The van der Waals surface area contributed by atoms with Gasteiger partial charge in [0, 0.05) is 6.54 Å². The van der Waals surface area contributed by atoms with Crippen LogP contribution in [0.5, 0.6) is 0 Å². The highest BCUT2D eigenvalue weighted by atomic mass is 79.9. The minimum Gasteiger partial charge on any atom is -0.319 e. The molecule has 0 aliphatic heterocycles. The van der Waals surface area contributed by atoms with Crippen molar-refractivity contribution in [2.24, 2.45) is 5.73 Å². The topological polar surface area (TPSA) is 43.8 Å². The number of halogens is 2. The van der Waals surface area contributed by atoms with Gasteiger partial charge >= 0.3 is 0 Å². The van der Waals surface area contributed by atoms with Gasteiger partial charge < -0.3 is 5.73 Å². The Morgan fingerprint density at radius 2 is 2.21 bits per heavy atom. The van der Waals surface area contributed by atoms with E-state index in [0.717, 1.165) is 34.3 Å². The van der Waals surface area contributed by atoms with Crippen LogP contribution in [0.25, 0.3) is 0 Å². The van der Waals surface area contributed by atoms with Crippen LogP contribution in [-0.4, -0.2) is 9.78 Å². The first-order chi connectivity index (χ1) is 9.04. The summed E-state index contributed by atoms with van der Waals surface area (Å²) in [5.41, 5.74) is 8.96. The van der Waals surface area contributed by atoms with Crippen LogP contribution in [0.4, 0.5) is 4.39 Å². The summed E-state index contributed by atoms with van der Waals surface area (Å²) in [6.45, 7) is 4.81. The summed E-state index contributed by atoms with van der Waals surface area (Å²) in [6, 6.07) is 4.30. The second kappa shape index (κ2) is 5.84. The second-order valence-corrected chi connectivity index (χ2v) is 5.43. The Morgan fingerprint density at radius 3 is 2.89 bits per heavy atom. The van der Waals surface area contributed by atoms with Crippen LogP contribution in [0.2, 0.25) is 0 Å². The molecule has 0 radical (unpaired) electrons. The molecule has 3 nitrogen and oxygen atoms in total. The van der Waals surface area contributed by atoms with Crippen molar-refractivity contribution in [3.63, 3.8) is 0 Å². The van der Waals surface area contributed by atoms with Crippen molar-refractivity contribution >= 4 is 15.9 Å². The van der Waals surface area contributed by atoms with Crippen molar-refractivity contribution in [2.75, 3.05) is 0 Å².